The van der Waals surface area contributed by atoms with Crippen LogP contribution in [0.15, 0.2) is 59.8 Å². The van der Waals surface area contributed by atoms with Crippen molar-refractivity contribution >= 4 is 17.7 Å². The average Bonchev–Trinajstić information content (AvgIpc) is 3.10. The number of thioether (sulfide) groups is 1. The number of amides is 1. The summed E-state index contributed by atoms with van der Waals surface area (Å²) in [6.45, 7) is 2.51. The third-order valence-electron chi connectivity index (χ3n) is 4.40. The number of rotatable bonds is 8. The highest BCUT2D eigenvalue weighted by Crippen LogP contribution is 2.31. The Hall–Kier alpha value is -2.80. The fraction of sp³-hybridized carbons (Fsp3) is 0.286. The number of methoxy groups -OCH3 is 1. The SMILES string of the molecule is CCC(Sc1nnc(-c2ccccc2OC)n1C)C(=O)NCc1ccccc1. The Morgan fingerprint density at radius 1 is 1.14 bits per heavy atom. The lowest BCUT2D eigenvalue weighted by molar-refractivity contribution is -0.120. The van der Waals surface area contributed by atoms with Crippen LogP contribution < -0.4 is 10.1 Å². The van der Waals surface area contributed by atoms with Gasteiger partial charge in [-0.1, -0.05) is 61.2 Å². The van der Waals surface area contributed by atoms with Crippen LogP contribution in [-0.4, -0.2) is 33.0 Å². The van der Waals surface area contributed by atoms with Crippen molar-refractivity contribution in [1.29, 1.82) is 0 Å². The molecule has 0 fully saturated rings. The number of ether oxygens (including phenoxy) is 1. The third kappa shape index (κ3) is 4.54. The van der Waals surface area contributed by atoms with Gasteiger partial charge in [0.25, 0.3) is 0 Å². The Morgan fingerprint density at radius 3 is 2.57 bits per heavy atom. The maximum atomic E-state index is 12.6. The first-order valence-corrected chi connectivity index (χ1v) is 10.0. The van der Waals surface area contributed by atoms with E-state index in [0.29, 0.717) is 23.9 Å². The molecule has 1 aromatic heterocycles. The first kappa shape index (κ1) is 19.9. The zero-order valence-corrected chi connectivity index (χ0v) is 17.1. The Balaban J connectivity index is 1.71. The molecule has 28 heavy (non-hydrogen) atoms. The van der Waals surface area contributed by atoms with Crippen molar-refractivity contribution in [2.75, 3.05) is 7.11 Å². The molecule has 2 aromatic carbocycles. The van der Waals surface area contributed by atoms with E-state index in [4.69, 9.17) is 4.74 Å². The van der Waals surface area contributed by atoms with Crippen molar-refractivity contribution in [3.8, 4) is 17.1 Å². The zero-order chi connectivity index (χ0) is 19.9. The van der Waals surface area contributed by atoms with Gasteiger partial charge in [0.1, 0.15) is 5.75 Å². The van der Waals surface area contributed by atoms with Crippen LogP contribution in [0.2, 0.25) is 0 Å². The van der Waals surface area contributed by atoms with E-state index in [1.807, 2.05) is 73.1 Å². The summed E-state index contributed by atoms with van der Waals surface area (Å²) >= 11 is 1.42. The summed E-state index contributed by atoms with van der Waals surface area (Å²) in [5.41, 5.74) is 1.95. The summed E-state index contributed by atoms with van der Waals surface area (Å²) in [5, 5.41) is 12.1. The van der Waals surface area contributed by atoms with Crippen LogP contribution in [0.3, 0.4) is 0 Å². The van der Waals surface area contributed by atoms with Gasteiger partial charge in [-0.2, -0.15) is 0 Å². The predicted octanol–water partition coefficient (Wildman–Crippen LogP) is 3.68. The Bertz CT molecular complexity index is 927. The molecule has 0 saturated carbocycles. The quantitative estimate of drug-likeness (QED) is 0.588. The van der Waals surface area contributed by atoms with Gasteiger partial charge in [-0.05, 0) is 24.1 Å². The topological polar surface area (TPSA) is 69.0 Å². The Labute approximate surface area is 169 Å². The number of aromatic nitrogens is 3. The molecule has 0 aliphatic rings. The summed E-state index contributed by atoms with van der Waals surface area (Å²) in [4.78, 5) is 12.6. The smallest absolute Gasteiger partial charge is 0.233 e. The molecule has 0 radical (unpaired) electrons. The Kier molecular flexibility index (Phi) is 6.71. The lowest BCUT2D eigenvalue weighted by atomic mass is 10.2. The van der Waals surface area contributed by atoms with E-state index in [1.54, 1.807) is 7.11 Å². The molecule has 0 aliphatic heterocycles. The molecule has 3 aromatic rings. The largest absolute Gasteiger partial charge is 0.496 e. The number of nitrogens with one attached hydrogen (secondary N) is 1. The van der Waals surface area contributed by atoms with Crippen LogP contribution in [0.4, 0.5) is 0 Å². The fourth-order valence-corrected chi connectivity index (χ4v) is 3.77. The minimum atomic E-state index is -0.239. The van der Waals surface area contributed by atoms with Gasteiger partial charge >= 0.3 is 0 Å². The van der Waals surface area contributed by atoms with Crippen LogP contribution in [0.25, 0.3) is 11.4 Å². The summed E-state index contributed by atoms with van der Waals surface area (Å²) in [6, 6.07) is 17.6. The van der Waals surface area contributed by atoms with E-state index in [1.165, 1.54) is 11.8 Å². The standard InChI is InChI=1S/C21H24N4O2S/c1-4-18(20(26)22-14-15-10-6-5-7-11-15)28-21-24-23-19(25(21)2)16-12-8-9-13-17(16)27-3/h5-13,18H,4,14H2,1-3H3,(H,22,26). The van der Waals surface area contributed by atoms with E-state index in [2.05, 4.69) is 15.5 Å². The van der Waals surface area contributed by atoms with Gasteiger partial charge in [0.15, 0.2) is 11.0 Å². The minimum Gasteiger partial charge on any atom is -0.496 e. The first-order chi connectivity index (χ1) is 13.6. The second kappa shape index (κ2) is 9.41. The van der Waals surface area contributed by atoms with Gasteiger partial charge in [0.2, 0.25) is 5.91 Å². The van der Waals surface area contributed by atoms with Gasteiger partial charge in [-0.3, -0.25) is 4.79 Å². The van der Waals surface area contributed by atoms with Gasteiger partial charge < -0.3 is 14.6 Å². The van der Waals surface area contributed by atoms with Crippen LogP contribution >= 0.6 is 11.8 Å². The monoisotopic (exact) mass is 396 g/mol. The highest BCUT2D eigenvalue weighted by atomic mass is 32.2. The second-order valence-electron chi connectivity index (χ2n) is 6.28. The molecule has 1 atom stereocenters. The number of benzene rings is 2. The van der Waals surface area contributed by atoms with Crippen LogP contribution in [0.1, 0.15) is 18.9 Å². The number of carbonyl (C=O) groups excluding carboxylic acids is 1. The molecule has 1 amide bonds. The summed E-state index contributed by atoms with van der Waals surface area (Å²) in [5.74, 6) is 1.44. The van der Waals surface area contributed by atoms with Gasteiger partial charge in [-0.15, -0.1) is 10.2 Å². The first-order valence-electron chi connectivity index (χ1n) is 9.15. The highest BCUT2D eigenvalue weighted by molar-refractivity contribution is 8.00. The summed E-state index contributed by atoms with van der Waals surface area (Å²) in [7, 11) is 3.54. The van der Waals surface area contributed by atoms with Crippen LogP contribution in [-0.2, 0) is 18.4 Å². The number of para-hydroxylation sites is 1. The average molecular weight is 397 g/mol. The molecule has 1 unspecified atom stereocenters. The molecule has 1 N–H and O–H groups in total. The van der Waals surface area contributed by atoms with E-state index in [-0.39, 0.29) is 11.2 Å². The summed E-state index contributed by atoms with van der Waals surface area (Å²) < 4.78 is 7.32. The highest BCUT2D eigenvalue weighted by Gasteiger charge is 2.22. The molecule has 0 bridgehead atoms. The normalized spacial score (nSPS) is 11.8. The molecule has 0 spiro atoms. The van der Waals surface area contributed by atoms with Gasteiger partial charge in [-0.25, -0.2) is 0 Å². The number of carbonyl (C=O) groups is 1. The number of hydrogen-bond acceptors (Lipinski definition) is 5. The number of nitrogens with zero attached hydrogens (tertiary/aromatic N) is 3. The molecule has 6 nitrogen and oxygen atoms in total. The zero-order valence-electron chi connectivity index (χ0n) is 16.3. The van der Waals surface area contributed by atoms with Crippen LogP contribution in [0, 0.1) is 0 Å². The number of hydrogen-bond donors (Lipinski definition) is 1. The van der Waals surface area contributed by atoms with Gasteiger partial charge in [0.05, 0.1) is 17.9 Å². The predicted molar refractivity (Wildman–Crippen MR) is 111 cm³/mol. The van der Waals surface area contributed by atoms with Crippen molar-refractivity contribution < 1.29 is 9.53 Å². The Morgan fingerprint density at radius 2 is 1.86 bits per heavy atom. The second-order valence-corrected chi connectivity index (χ2v) is 7.45. The third-order valence-corrected chi connectivity index (χ3v) is 5.80. The molecule has 7 heteroatoms. The van der Waals surface area contributed by atoms with E-state index in [9.17, 15) is 4.79 Å². The maximum absolute atomic E-state index is 12.6. The molecular formula is C21H24N4O2S. The fourth-order valence-electron chi connectivity index (χ4n) is 2.83. The lowest BCUT2D eigenvalue weighted by Crippen LogP contribution is -2.32. The minimum absolute atomic E-state index is 0.00167. The summed E-state index contributed by atoms with van der Waals surface area (Å²) in [6.07, 6.45) is 0.697. The molecule has 3 rings (SSSR count). The molecule has 146 valence electrons. The van der Waals surface area contributed by atoms with Crippen molar-refractivity contribution in [2.24, 2.45) is 7.05 Å². The van der Waals surface area contributed by atoms with Crippen molar-refractivity contribution in [1.82, 2.24) is 20.1 Å². The molecule has 0 saturated heterocycles. The van der Waals surface area contributed by atoms with E-state index < -0.39 is 0 Å². The van der Waals surface area contributed by atoms with Crippen molar-refractivity contribution in [2.45, 2.75) is 30.3 Å². The molecular weight excluding hydrogens is 372 g/mol. The maximum Gasteiger partial charge on any atom is 0.233 e. The van der Waals surface area contributed by atoms with Gasteiger partial charge in [0, 0.05) is 13.6 Å². The van der Waals surface area contributed by atoms with E-state index in [0.717, 1.165) is 16.9 Å². The van der Waals surface area contributed by atoms with Crippen molar-refractivity contribution in [3.63, 3.8) is 0 Å². The molecule has 0 aliphatic carbocycles. The van der Waals surface area contributed by atoms with Crippen LogP contribution in [0.5, 0.6) is 5.75 Å². The van der Waals surface area contributed by atoms with Crippen molar-refractivity contribution in [3.05, 3.63) is 60.2 Å². The molecule has 1 heterocycles. The van der Waals surface area contributed by atoms with E-state index >= 15 is 0 Å². The lowest BCUT2D eigenvalue weighted by Gasteiger charge is -2.14.